The lowest BCUT2D eigenvalue weighted by molar-refractivity contribution is -0.131. The number of benzene rings is 1. The van der Waals surface area contributed by atoms with E-state index in [2.05, 4.69) is 17.4 Å². The summed E-state index contributed by atoms with van der Waals surface area (Å²) in [5.74, 6) is 0.0632. The normalized spacial score (nSPS) is 24.8. The van der Waals surface area contributed by atoms with Crippen molar-refractivity contribution in [2.75, 3.05) is 19.6 Å². The molecular weight excluding hydrogens is 330 g/mol. The molecule has 3 fully saturated rings. The average Bonchev–Trinajstić information content (AvgIpc) is 3.30. The van der Waals surface area contributed by atoms with Crippen LogP contribution in [0.1, 0.15) is 37.7 Å². The molecule has 138 valence electrons. The van der Waals surface area contributed by atoms with Crippen molar-refractivity contribution in [3.63, 3.8) is 0 Å². The van der Waals surface area contributed by atoms with E-state index in [4.69, 9.17) is 0 Å². The Bertz CT molecular complexity index is 712. The maximum absolute atomic E-state index is 12.7. The van der Waals surface area contributed by atoms with Crippen molar-refractivity contribution >= 4 is 17.8 Å². The molecule has 2 heterocycles. The van der Waals surface area contributed by atoms with Crippen molar-refractivity contribution in [3.05, 3.63) is 35.9 Å². The molecule has 0 bridgehead atoms. The molecule has 1 N–H and O–H groups in total. The number of hydrogen-bond acceptors (Lipinski definition) is 3. The van der Waals surface area contributed by atoms with Crippen LogP contribution < -0.4 is 5.32 Å². The Morgan fingerprint density at radius 1 is 1.08 bits per heavy atom. The number of likely N-dealkylation sites (tertiary alicyclic amines) is 1. The zero-order valence-electron chi connectivity index (χ0n) is 14.9. The number of urea groups is 1. The van der Waals surface area contributed by atoms with Gasteiger partial charge in [0.1, 0.15) is 5.54 Å². The SMILES string of the molecule is O=C1CC(CN2C(=O)NC3(CCCC3)C2=O)CN1CCc1ccccc1. The number of amides is 4. The smallest absolute Gasteiger partial charge is 0.325 e. The van der Waals surface area contributed by atoms with E-state index in [1.165, 1.54) is 10.5 Å². The summed E-state index contributed by atoms with van der Waals surface area (Å²) >= 11 is 0. The minimum Gasteiger partial charge on any atom is -0.342 e. The number of carbonyl (C=O) groups excluding carboxylic acids is 3. The van der Waals surface area contributed by atoms with Gasteiger partial charge in [-0.05, 0) is 24.8 Å². The molecule has 1 aliphatic carbocycles. The number of hydrogen-bond donors (Lipinski definition) is 1. The van der Waals surface area contributed by atoms with Crippen LogP contribution in [0, 0.1) is 5.92 Å². The molecule has 4 rings (SSSR count). The predicted octanol–water partition coefficient (Wildman–Crippen LogP) is 1.94. The standard InChI is InChI=1S/C20H25N3O3/c24-17-12-16(13-22(17)11-8-15-6-2-1-3-7-15)14-23-18(25)20(21-19(23)26)9-4-5-10-20/h1-3,6-7,16H,4-5,8-14H2,(H,21,26). The van der Waals surface area contributed by atoms with Gasteiger partial charge in [0.15, 0.2) is 0 Å². The first-order chi connectivity index (χ1) is 12.6. The zero-order chi connectivity index (χ0) is 18.1. The second kappa shape index (κ2) is 6.74. The second-order valence-corrected chi connectivity index (χ2v) is 7.78. The summed E-state index contributed by atoms with van der Waals surface area (Å²) in [6.07, 6.45) is 4.68. The Hall–Kier alpha value is -2.37. The molecule has 1 saturated carbocycles. The summed E-state index contributed by atoms with van der Waals surface area (Å²) in [6, 6.07) is 9.82. The van der Waals surface area contributed by atoms with E-state index in [9.17, 15) is 14.4 Å². The Morgan fingerprint density at radius 3 is 2.54 bits per heavy atom. The fourth-order valence-electron chi connectivity index (χ4n) is 4.52. The lowest BCUT2D eigenvalue weighted by atomic mass is 9.97. The van der Waals surface area contributed by atoms with Crippen LogP contribution in [0.15, 0.2) is 30.3 Å². The maximum atomic E-state index is 12.7. The number of rotatable bonds is 5. The molecule has 1 spiro atoms. The van der Waals surface area contributed by atoms with Gasteiger partial charge < -0.3 is 10.2 Å². The third kappa shape index (κ3) is 3.08. The molecule has 1 unspecified atom stereocenters. The van der Waals surface area contributed by atoms with Crippen LogP contribution in [0.4, 0.5) is 4.79 Å². The van der Waals surface area contributed by atoms with Crippen molar-refractivity contribution in [1.29, 1.82) is 0 Å². The number of imide groups is 1. The molecule has 1 aromatic carbocycles. The first-order valence-electron chi connectivity index (χ1n) is 9.53. The van der Waals surface area contributed by atoms with E-state index >= 15 is 0 Å². The third-order valence-electron chi connectivity index (χ3n) is 5.95. The quantitative estimate of drug-likeness (QED) is 0.821. The van der Waals surface area contributed by atoms with Crippen LogP contribution in [0.3, 0.4) is 0 Å². The summed E-state index contributed by atoms with van der Waals surface area (Å²) in [4.78, 5) is 40.6. The van der Waals surface area contributed by atoms with Gasteiger partial charge in [-0.15, -0.1) is 0 Å². The lowest BCUT2D eigenvalue weighted by Crippen LogP contribution is -2.44. The van der Waals surface area contributed by atoms with E-state index in [-0.39, 0.29) is 23.8 Å². The Morgan fingerprint density at radius 2 is 1.81 bits per heavy atom. The minimum atomic E-state index is -0.660. The first-order valence-corrected chi connectivity index (χ1v) is 9.53. The van der Waals surface area contributed by atoms with Crippen molar-refractivity contribution < 1.29 is 14.4 Å². The van der Waals surface area contributed by atoms with E-state index in [1.807, 2.05) is 23.1 Å². The second-order valence-electron chi connectivity index (χ2n) is 7.78. The molecule has 0 radical (unpaired) electrons. The fraction of sp³-hybridized carbons (Fsp3) is 0.550. The van der Waals surface area contributed by atoms with Crippen LogP contribution >= 0.6 is 0 Å². The van der Waals surface area contributed by atoms with Crippen LogP contribution in [-0.2, 0) is 16.0 Å². The minimum absolute atomic E-state index is 0.0320. The summed E-state index contributed by atoms with van der Waals surface area (Å²) in [5, 5.41) is 2.91. The number of nitrogens with one attached hydrogen (secondary N) is 1. The van der Waals surface area contributed by atoms with E-state index in [0.29, 0.717) is 26.1 Å². The van der Waals surface area contributed by atoms with E-state index in [0.717, 1.165) is 32.1 Å². The van der Waals surface area contributed by atoms with Gasteiger partial charge in [0.2, 0.25) is 5.91 Å². The molecule has 0 aromatic heterocycles. The summed E-state index contributed by atoms with van der Waals surface area (Å²) in [7, 11) is 0. The lowest BCUT2D eigenvalue weighted by Gasteiger charge is -2.22. The van der Waals surface area contributed by atoms with Gasteiger partial charge in [-0.2, -0.15) is 0 Å². The van der Waals surface area contributed by atoms with Gasteiger partial charge in [-0.3, -0.25) is 14.5 Å². The van der Waals surface area contributed by atoms with Crippen molar-refractivity contribution in [2.45, 2.75) is 44.1 Å². The molecular formula is C20H25N3O3. The fourth-order valence-corrected chi connectivity index (χ4v) is 4.52. The van der Waals surface area contributed by atoms with Gasteiger partial charge >= 0.3 is 6.03 Å². The highest BCUT2D eigenvalue weighted by Gasteiger charge is 2.53. The molecule has 1 atom stereocenters. The first kappa shape index (κ1) is 17.1. The highest BCUT2D eigenvalue weighted by atomic mass is 16.2. The molecule has 2 aliphatic heterocycles. The molecule has 4 amide bonds. The van der Waals surface area contributed by atoms with Crippen LogP contribution in [0.25, 0.3) is 0 Å². The molecule has 3 aliphatic rings. The van der Waals surface area contributed by atoms with Gasteiger partial charge in [0.05, 0.1) is 0 Å². The topological polar surface area (TPSA) is 69.7 Å². The molecule has 1 aromatic rings. The zero-order valence-corrected chi connectivity index (χ0v) is 14.9. The maximum Gasteiger partial charge on any atom is 0.325 e. The van der Waals surface area contributed by atoms with E-state index in [1.54, 1.807) is 0 Å². The van der Waals surface area contributed by atoms with Crippen LogP contribution in [-0.4, -0.2) is 52.8 Å². The highest BCUT2D eigenvalue weighted by molar-refractivity contribution is 6.07. The number of nitrogens with zero attached hydrogens (tertiary/aromatic N) is 2. The Balaban J connectivity index is 1.34. The van der Waals surface area contributed by atoms with Crippen molar-refractivity contribution in [2.24, 2.45) is 5.92 Å². The molecule has 6 heteroatoms. The Kier molecular flexibility index (Phi) is 4.42. The molecule has 2 saturated heterocycles. The summed E-state index contributed by atoms with van der Waals surface area (Å²) in [6.45, 7) is 1.65. The number of carbonyl (C=O) groups is 3. The largest absolute Gasteiger partial charge is 0.342 e. The van der Waals surface area contributed by atoms with Gasteiger partial charge in [0.25, 0.3) is 5.91 Å². The van der Waals surface area contributed by atoms with Crippen LogP contribution in [0.5, 0.6) is 0 Å². The van der Waals surface area contributed by atoms with Crippen molar-refractivity contribution in [1.82, 2.24) is 15.1 Å². The summed E-state index contributed by atoms with van der Waals surface area (Å²) in [5.41, 5.74) is 0.549. The third-order valence-corrected chi connectivity index (χ3v) is 5.95. The van der Waals surface area contributed by atoms with Crippen LogP contribution in [0.2, 0.25) is 0 Å². The Labute approximate surface area is 153 Å². The van der Waals surface area contributed by atoms with Gasteiger partial charge in [0, 0.05) is 32.0 Å². The summed E-state index contributed by atoms with van der Waals surface area (Å²) < 4.78 is 0. The molecule has 26 heavy (non-hydrogen) atoms. The van der Waals surface area contributed by atoms with Gasteiger partial charge in [-0.1, -0.05) is 43.2 Å². The van der Waals surface area contributed by atoms with Gasteiger partial charge in [-0.25, -0.2) is 4.79 Å². The van der Waals surface area contributed by atoms with Crippen molar-refractivity contribution in [3.8, 4) is 0 Å². The molecule has 6 nitrogen and oxygen atoms in total. The van der Waals surface area contributed by atoms with E-state index < -0.39 is 5.54 Å². The average molecular weight is 355 g/mol. The monoisotopic (exact) mass is 355 g/mol. The highest BCUT2D eigenvalue weighted by Crippen LogP contribution is 2.35. The predicted molar refractivity (Wildman–Crippen MR) is 96.3 cm³/mol.